The van der Waals surface area contributed by atoms with Crippen molar-refractivity contribution in [3.63, 3.8) is 0 Å². The Hall–Kier alpha value is -5.52. The zero-order valence-electron chi connectivity index (χ0n) is 35.7. The van der Waals surface area contributed by atoms with Gasteiger partial charge in [0.2, 0.25) is 6.29 Å². The first-order valence-corrected chi connectivity index (χ1v) is 20.7. The third kappa shape index (κ3) is 14.2. The average molecular weight is 871 g/mol. The van der Waals surface area contributed by atoms with E-state index >= 15 is 0 Å². The smallest absolute Gasteiger partial charge is 0.305 e. The summed E-state index contributed by atoms with van der Waals surface area (Å²) in [6.45, 7) is 4.82. The summed E-state index contributed by atoms with van der Waals surface area (Å²) < 4.78 is 68.9. The topological polar surface area (TPSA) is 170 Å². The van der Waals surface area contributed by atoms with Crippen LogP contribution in [0.15, 0.2) is 121 Å². The number of hydrogen-bond acceptors (Lipinski definition) is 15. The van der Waals surface area contributed by atoms with Crippen molar-refractivity contribution in [1.29, 1.82) is 0 Å². The molecule has 2 aliphatic rings. The van der Waals surface area contributed by atoms with Crippen LogP contribution in [0.5, 0.6) is 0 Å². The lowest BCUT2D eigenvalue weighted by molar-refractivity contribution is -0.368. The molecule has 63 heavy (non-hydrogen) atoms. The van der Waals surface area contributed by atoms with Crippen LogP contribution in [0.4, 0.5) is 0 Å². The summed E-state index contributed by atoms with van der Waals surface area (Å²) >= 11 is 0. The van der Waals surface area contributed by atoms with Gasteiger partial charge in [-0.2, -0.15) is 0 Å². The van der Waals surface area contributed by atoms with Gasteiger partial charge in [0, 0.05) is 27.7 Å². The van der Waals surface area contributed by atoms with Crippen molar-refractivity contribution < 1.29 is 71.3 Å². The predicted molar refractivity (Wildman–Crippen MR) is 223 cm³/mol. The Balaban J connectivity index is 1.44. The van der Waals surface area contributed by atoms with Gasteiger partial charge in [0.15, 0.2) is 18.5 Å². The Kier molecular flexibility index (Phi) is 17.7. The van der Waals surface area contributed by atoms with E-state index in [4.69, 9.17) is 52.1 Å². The molecule has 0 unspecified atom stereocenters. The summed E-state index contributed by atoms with van der Waals surface area (Å²) in [7, 11) is 0. The molecule has 0 spiro atoms. The van der Waals surface area contributed by atoms with Crippen molar-refractivity contribution in [2.75, 3.05) is 13.2 Å². The van der Waals surface area contributed by atoms with Crippen LogP contribution in [-0.4, -0.2) is 98.5 Å². The van der Waals surface area contributed by atoms with Gasteiger partial charge in [-0.05, 0) is 22.3 Å². The molecule has 0 aromatic heterocycles. The second-order valence-electron chi connectivity index (χ2n) is 15.0. The number of carbonyl (C=O) groups is 4. The molecule has 4 aromatic carbocycles. The van der Waals surface area contributed by atoms with Crippen LogP contribution >= 0.6 is 0 Å². The Morgan fingerprint density at radius 2 is 0.825 bits per heavy atom. The van der Waals surface area contributed by atoms with Crippen LogP contribution in [0.25, 0.3) is 0 Å². The summed E-state index contributed by atoms with van der Waals surface area (Å²) in [6.07, 6.45) is -12.5. The number of ether oxygens (including phenoxy) is 11. The molecule has 2 heterocycles. The maximum atomic E-state index is 12.8. The first-order valence-electron chi connectivity index (χ1n) is 20.7. The lowest BCUT2D eigenvalue weighted by atomic mass is 9.95. The van der Waals surface area contributed by atoms with Gasteiger partial charge in [0.1, 0.15) is 43.2 Å². The van der Waals surface area contributed by atoms with Crippen LogP contribution in [0.1, 0.15) is 49.9 Å². The van der Waals surface area contributed by atoms with Crippen LogP contribution in [-0.2, 0) is 97.7 Å². The zero-order valence-corrected chi connectivity index (χ0v) is 35.7. The van der Waals surface area contributed by atoms with Crippen molar-refractivity contribution in [2.24, 2.45) is 0 Å². The fraction of sp³-hybridized carbons (Fsp3) is 0.417. The molecule has 0 radical (unpaired) electrons. The van der Waals surface area contributed by atoms with Crippen LogP contribution in [0.3, 0.4) is 0 Å². The minimum Gasteiger partial charge on any atom is -0.463 e. The first kappa shape index (κ1) is 47.0. The molecule has 10 atom stereocenters. The second-order valence-corrected chi connectivity index (χ2v) is 15.0. The Morgan fingerprint density at radius 1 is 0.413 bits per heavy atom. The highest BCUT2D eigenvalue weighted by Gasteiger charge is 2.56. The molecular formula is C48H54O15. The third-order valence-electron chi connectivity index (χ3n) is 10.1. The monoisotopic (exact) mass is 870 g/mol. The highest BCUT2D eigenvalue weighted by molar-refractivity contribution is 5.68. The van der Waals surface area contributed by atoms with Gasteiger partial charge in [-0.3, -0.25) is 19.2 Å². The molecule has 0 N–H and O–H groups in total. The standard InChI is InChI=1S/C48H54O15/c1-31(49)54-30-40-42(58-32(2)50)44(46(59-33(3)51)48(62-40)60-34(4)52)63-47-45(57-28-38-23-15-8-16-24-38)43(56-27-37-21-13-7-14-22-37)41(55-26-36-19-11-6-12-20-36)39(61-47)29-53-25-35-17-9-5-10-18-35/h5-24,39-48H,25-30H2,1-4H3/t39-,40-,41-,42-,43+,44+,45-,46-,47-,48-/m1/s1. The molecule has 15 nitrogen and oxygen atoms in total. The van der Waals surface area contributed by atoms with Crippen LogP contribution in [0.2, 0.25) is 0 Å². The Morgan fingerprint density at radius 3 is 1.30 bits per heavy atom. The van der Waals surface area contributed by atoms with E-state index < -0.39 is 91.9 Å². The molecule has 2 fully saturated rings. The zero-order chi connectivity index (χ0) is 44.6. The molecule has 0 saturated carbocycles. The van der Waals surface area contributed by atoms with Gasteiger partial charge in [-0.25, -0.2) is 0 Å². The maximum absolute atomic E-state index is 12.8. The lowest BCUT2D eigenvalue weighted by Crippen LogP contribution is -2.67. The minimum atomic E-state index is -1.60. The van der Waals surface area contributed by atoms with Gasteiger partial charge in [0.25, 0.3) is 0 Å². The SMILES string of the molecule is CC(=O)OC[C@H]1O[C@@H](OC(C)=O)[C@H](OC(C)=O)[C@@H](O[C@H]2O[C@H](COCc3ccccc3)[C@@H](OCc3ccccc3)[C@H](OCc3ccccc3)[C@H]2OCc2ccccc2)[C@@H]1OC(C)=O. The van der Waals surface area contributed by atoms with Gasteiger partial charge in [-0.1, -0.05) is 121 Å². The van der Waals surface area contributed by atoms with Crippen molar-refractivity contribution in [3.05, 3.63) is 144 Å². The largest absolute Gasteiger partial charge is 0.463 e. The average Bonchev–Trinajstić information content (AvgIpc) is 3.27. The van der Waals surface area contributed by atoms with Crippen molar-refractivity contribution in [1.82, 2.24) is 0 Å². The number of esters is 4. The van der Waals surface area contributed by atoms with Crippen molar-refractivity contribution >= 4 is 23.9 Å². The van der Waals surface area contributed by atoms with Crippen LogP contribution < -0.4 is 0 Å². The fourth-order valence-corrected chi connectivity index (χ4v) is 7.29. The lowest BCUT2D eigenvalue weighted by Gasteiger charge is -2.49. The molecule has 6 rings (SSSR count). The first-order chi connectivity index (χ1) is 30.5. The summed E-state index contributed by atoms with van der Waals surface area (Å²) in [6, 6.07) is 38.3. The van der Waals surface area contributed by atoms with E-state index in [0.29, 0.717) is 0 Å². The minimum absolute atomic E-state index is 0.00944. The van der Waals surface area contributed by atoms with E-state index in [2.05, 4.69) is 0 Å². The van der Waals surface area contributed by atoms with E-state index in [1.807, 2.05) is 121 Å². The summed E-state index contributed by atoms with van der Waals surface area (Å²) in [4.78, 5) is 50.1. The normalized spacial score (nSPS) is 25.7. The molecule has 2 aliphatic heterocycles. The van der Waals surface area contributed by atoms with E-state index in [1.54, 1.807) is 0 Å². The highest BCUT2D eigenvalue weighted by Crippen LogP contribution is 2.36. The summed E-state index contributed by atoms with van der Waals surface area (Å²) in [5.74, 6) is -2.99. The predicted octanol–water partition coefficient (Wildman–Crippen LogP) is 5.78. The van der Waals surface area contributed by atoms with Gasteiger partial charge >= 0.3 is 23.9 Å². The van der Waals surface area contributed by atoms with Gasteiger partial charge < -0.3 is 52.1 Å². The van der Waals surface area contributed by atoms with Gasteiger partial charge in [0.05, 0.1) is 33.0 Å². The van der Waals surface area contributed by atoms with Crippen molar-refractivity contribution in [2.45, 2.75) is 116 Å². The number of rotatable bonds is 20. The molecule has 0 bridgehead atoms. The third-order valence-corrected chi connectivity index (χ3v) is 10.1. The quantitative estimate of drug-likeness (QED) is 0.0773. The molecule has 0 aliphatic carbocycles. The van der Waals surface area contributed by atoms with E-state index in [9.17, 15) is 19.2 Å². The molecular weight excluding hydrogens is 817 g/mol. The molecule has 15 heteroatoms. The maximum Gasteiger partial charge on any atom is 0.305 e. The Bertz CT molecular complexity index is 2020. The molecule has 336 valence electrons. The summed E-state index contributed by atoms with van der Waals surface area (Å²) in [5, 5.41) is 0. The van der Waals surface area contributed by atoms with E-state index in [1.165, 1.54) is 13.8 Å². The second kappa shape index (κ2) is 23.8. The van der Waals surface area contributed by atoms with E-state index in [-0.39, 0.29) is 33.0 Å². The Labute approximate surface area is 366 Å². The van der Waals surface area contributed by atoms with E-state index in [0.717, 1.165) is 36.1 Å². The van der Waals surface area contributed by atoms with Crippen LogP contribution in [0, 0.1) is 0 Å². The fourth-order valence-electron chi connectivity index (χ4n) is 7.29. The highest BCUT2D eigenvalue weighted by atomic mass is 16.8. The number of carbonyl (C=O) groups excluding carboxylic acids is 4. The number of benzene rings is 4. The molecule has 0 amide bonds. The van der Waals surface area contributed by atoms with Crippen molar-refractivity contribution in [3.8, 4) is 0 Å². The number of hydrogen-bond donors (Lipinski definition) is 0. The molecule has 4 aromatic rings. The molecule has 2 saturated heterocycles. The van der Waals surface area contributed by atoms with Gasteiger partial charge in [-0.15, -0.1) is 0 Å². The summed E-state index contributed by atoms with van der Waals surface area (Å²) in [5.41, 5.74) is 3.52.